The number of amides is 1. The van der Waals surface area contributed by atoms with Crippen molar-refractivity contribution < 1.29 is 33.3 Å². The SMILES string of the molecule is CC(C)CC(N)C(=O)OC(C)OC(=O)N(C)C(C)C(=O)c1ccc2c(c1)OCO2. The topological polar surface area (TPSA) is 117 Å². The summed E-state index contributed by atoms with van der Waals surface area (Å²) in [7, 11) is 1.43. The monoisotopic (exact) mass is 408 g/mol. The van der Waals surface area contributed by atoms with Gasteiger partial charge in [0.05, 0.1) is 6.04 Å². The quantitative estimate of drug-likeness (QED) is 0.396. The van der Waals surface area contributed by atoms with Crippen molar-refractivity contribution in [3.8, 4) is 11.5 Å². The average Bonchev–Trinajstić information content (AvgIpc) is 3.13. The zero-order valence-corrected chi connectivity index (χ0v) is 17.3. The van der Waals surface area contributed by atoms with Crippen LogP contribution in [0.3, 0.4) is 0 Å². The number of nitrogens with two attached hydrogens (primary N) is 1. The first-order valence-corrected chi connectivity index (χ1v) is 9.43. The van der Waals surface area contributed by atoms with Gasteiger partial charge in [0, 0.05) is 19.5 Å². The average molecular weight is 408 g/mol. The number of hydrogen-bond acceptors (Lipinski definition) is 8. The zero-order chi connectivity index (χ0) is 21.7. The minimum atomic E-state index is -1.14. The van der Waals surface area contributed by atoms with Crippen LogP contribution in [0.5, 0.6) is 11.5 Å². The van der Waals surface area contributed by atoms with Gasteiger partial charge in [-0.25, -0.2) is 4.79 Å². The molecule has 1 aliphatic heterocycles. The Morgan fingerprint density at radius 3 is 2.41 bits per heavy atom. The van der Waals surface area contributed by atoms with Crippen molar-refractivity contribution in [2.45, 2.75) is 52.5 Å². The van der Waals surface area contributed by atoms with E-state index in [1.54, 1.807) is 25.1 Å². The van der Waals surface area contributed by atoms with Crippen molar-refractivity contribution in [3.63, 3.8) is 0 Å². The van der Waals surface area contributed by atoms with E-state index in [1.807, 2.05) is 13.8 Å². The molecule has 2 N–H and O–H groups in total. The lowest BCUT2D eigenvalue weighted by Crippen LogP contribution is -2.43. The summed E-state index contributed by atoms with van der Waals surface area (Å²) in [6.07, 6.45) is -1.48. The molecule has 1 aliphatic rings. The summed E-state index contributed by atoms with van der Waals surface area (Å²) in [5.41, 5.74) is 6.13. The van der Waals surface area contributed by atoms with E-state index >= 15 is 0 Å². The Kier molecular flexibility index (Phi) is 7.44. The molecule has 3 unspecified atom stereocenters. The van der Waals surface area contributed by atoms with Crippen LogP contribution in [-0.4, -0.2) is 55.0 Å². The fourth-order valence-electron chi connectivity index (χ4n) is 2.73. The molecule has 0 aliphatic carbocycles. The van der Waals surface area contributed by atoms with Crippen molar-refractivity contribution >= 4 is 17.8 Å². The Hall–Kier alpha value is -2.81. The summed E-state index contributed by atoms with van der Waals surface area (Å²) in [4.78, 5) is 38.1. The fraction of sp³-hybridized carbons (Fsp3) is 0.550. The smallest absolute Gasteiger partial charge is 0.413 e. The number of ketones is 1. The van der Waals surface area contributed by atoms with Crippen molar-refractivity contribution in [2.24, 2.45) is 11.7 Å². The van der Waals surface area contributed by atoms with Gasteiger partial charge in [0.15, 0.2) is 17.3 Å². The largest absolute Gasteiger partial charge is 0.454 e. The Balaban J connectivity index is 1.91. The van der Waals surface area contributed by atoms with Crippen LogP contribution >= 0.6 is 0 Å². The number of hydrogen-bond donors (Lipinski definition) is 1. The summed E-state index contributed by atoms with van der Waals surface area (Å²) in [5, 5.41) is 0. The molecular formula is C20H28N2O7. The third-order valence-corrected chi connectivity index (χ3v) is 4.48. The third-order valence-electron chi connectivity index (χ3n) is 4.48. The van der Waals surface area contributed by atoms with Gasteiger partial charge in [-0.1, -0.05) is 13.8 Å². The molecule has 9 heteroatoms. The zero-order valence-electron chi connectivity index (χ0n) is 17.3. The van der Waals surface area contributed by atoms with Crippen LogP contribution in [0.4, 0.5) is 4.79 Å². The van der Waals surface area contributed by atoms with E-state index in [1.165, 1.54) is 14.0 Å². The Morgan fingerprint density at radius 2 is 1.76 bits per heavy atom. The van der Waals surface area contributed by atoms with Gasteiger partial charge < -0.3 is 29.6 Å². The molecule has 0 saturated heterocycles. The Labute approximate surface area is 170 Å². The number of Topliss-reactive ketones (excluding diaryl/α,β-unsaturated/α-hetero) is 1. The fourth-order valence-corrected chi connectivity index (χ4v) is 2.73. The Bertz CT molecular complexity index is 765. The van der Waals surface area contributed by atoms with Crippen LogP contribution in [0.15, 0.2) is 18.2 Å². The lowest BCUT2D eigenvalue weighted by Gasteiger charge is -2.25. The molecule has 0 fully saturated rings. The molecule has 1 amide bonds. The van der Waals surface area contributed by atoms with Crippen LogP contribution in [-0.2, 0) is 14.3 Å². The summed E-state index contributed by atoms with van der Waals surface area (Å²) in [6, 6.07) is 3.21. The minimum absolute atomic E-state index is 0.103. The molecule has 3 atom stereocenters. The highest BCUT2D eigenvalue weighted by atomic mass is 16.7. The van der Waals surface area contributed by atoms with Gasteiger partial charge in [0.1, 0.15) is 6.04 Å². The lowest BCUT2D eigenvalue weighted by atomic mass is 10.0. The number of fused-ring (bicyclic) bond motifs is 1. The first-order valence-electron chi connectivity index (χ1n) is 9.43. The number of carbonyl (C=O) groups is 3. The first kappa shape index (κ1) is 22.5. The number of likely N-dealkylation sites (N-methyl/N-ethyl adjacent to an activating group) is 1. The van der Waals surface area contributed by atoms with E-state index in [2.05, 4.69) is 0 Å². The van der Waals surface area contributed by atoms with E-state index < -0.39 is 30.4 Å². The van der Waals surface area contributed by atoms with Crippen LogP contribution in [0.25, 0.3) is 0 Å². The summed E-state index contributed by atoms with van der Waals surface area (Å²) < 4.78 is 20.7. The minimum Gasteiger partial charge on any atom is -0.454 e. The summed E-state index contributed by atoms with van der Waals surface area (Å²) in [5.74, 6) is 0.321. The highest BCUT2D eigenvalue weighted by molar-refractivity contribution is 6.01. The Morgan fingerprint density at radius 1 is 1.10 bits per heavy atom. The van der Waals surface area contributed by atoms with Gasteiger partial charge in [-0.15, -0.1) is 0 Å². The molecule has 0 bridgehead atoms. The van der Waals surface area contributed by atoms with Gasteiger partial charge >= 0.3 is 12.1 Å². The van der Waals surface area contributed by atoms with E-state index in [4.69, 9.17) is 24.7 Å². The molecule has 2 rings (SSSR count). The van der Waals surface area contributed by atoms with E-state index in [9.17, 15) is 14.4 Å². The lowest BCUT2D eigenvalue weighted by molar-refractivity contribution is -0.168. The van der Waals surface area contributed by atoms with Crippen molar-refractivity contribution in [1.82, 2.24) is 4.90 Å². The molecule has 9 nitrogen and oxygen atoms in total. The second-order valence-corrected chi connectivity index (χ2v) is 7.34. The molecular weight excluding hydrogens is 380 g/mol. The summed E-state index contributed by atoms with van der Waals surface area (Å²) >= 11 is 0. The molecule has 1 aromatic carbocycles. The van der Waals surface area contributed by atoms with Crippen molar-refractivity contribution in [2.75, 3.05) is 13.8 Å². The van der Waals surface area contributed by atoms with Crippen LogP contribution in [0, 0.1) is 5.92 Å². The van der Waals surface area contributed by atoms with Crippen molar-refractivity contribution in [3.05, 3.63) is 23.8 Å². The first-order chi connectivity index (χ1) is 13.6. The third kappa shape index (κ3) is 5.83. The standard InChI is InChI=1S/C20H28N2O7/c1-11(2)8-15(21)19(24)28-13(4)29-20(25)22(5)12(3)18(23)14-6-7-16-17(9-14)27-10-26-16/h6-7,9,11-13,15H,8,10,21H2,1-5H3. The highest BCUT2D eigenvalue weighted by Gasteiger charge is 2.28. The molecule has 0 saturated carbocycles. The number of nitrogens with zero attached hydrogens (tertiary/aromatic N) is 1. The normalized spacial score (nSPS) is 15.4. The maximum absolute atomic E-state index is 12.7. The summed E-state index contributed by atoms with van der Waals surface area (Å²) in [6.45, 7) is 6.96. The second kappa shape index (κ2) is 9.60. The maximum Gasteiger partial charge on any atom is 0.413 e. The van der Waals surface area contributed by atoms with Gasteiger partial charge in [0.2, 0.25) is 13.1 Å². The number of benzene rings is 1. The van der Waals surface area contributed by atoms with Crippen molar-refractivity contribution in [1.29, 1.82) is 0 Å². The number of carbonyl (C=O) groups excluding carboxylic acids is 3. The molecule has 29 heavy (non-hydrogen) atoms. The molecule has 0 radical (unpaired) electrons. The molecule has 0 spiro atoms. The predicted molar refractivity (Wildman–Crippen MR) is 104 cm³/mol. The molecule has 1 heterocycles. The molecule has 160 valence electrons. The van der Waals surface area contributed by atoms with Gasteiger partial charge in [-0.05, 0) is 37.5 Å². The van der Waals surface area contributed by atoms with E-state index in [0.717, 1.165) is 4.90 Å². The van der Waals surface area contributed by atoms with E-state index in [-0.39, 0.29) is 18.5 Å². The maximum atomic E-state index is 12.7. The van der Waals surface area contributed by atoms with Gasteiger partial charge in [0.25, 0.3) is 0 Å². The van der Waals surface area contributed by atoms with E-state index in [0.29, 0.717) is 23.5 Å². The van der Waals surface area contributed by atoms with Crippen LogP contribution in [0.1, 0.15) is 44.5 Å². The van der Waals surface area contributed by atoms with Gasteiger partial charge in [-0.2, -0.15) is 0 Å². The predicted octanol–water partition coefficient (Wildman–Crippen LogP) is 2.32. The number of esters is 1. The van der Waals surface area contributed by atoms with Crippen LogP contribution < -0.4 is 15.2 Å². The number of rotatable bonds is 8. The highest BCUT2D eigenvalue weighted by Crippen LogP contribution is 2.33. The van der Waals surface area contributed by atoms with Crippen LogP contribution in [0.2, 0.25) is 0 Å². The molecule has 1 aromatic rings. The van der Waals surface area contributed by atoms with Gasteiger partial charge in [-0.3, -0.25) is 9.59 Å². The molecule has 0 aromatic heterocycles. The number of ether oxygens (including phenoxy) is 4. The second-order valence-electron chi connectivity index (χ2n) is 7.34.